The normalized spacial score (nSPS) is 19.2. The van der Waals surface area contributed by atoms with Crippen LogP contribution in [0.15, 0.2) is 159 Å². The number of H-pyrrole nitrogens is 3. The molecule has 0 bridgehead atoms. The molecule has 8 aromatic rings. The molecule has 8 N–H and O–H groups in total. The smallest absolute Gasteiger partial charge is 0.332 e. The van der Waals surface area contributed by atoms with E-state index in [2.05, 4.69) is 26.2 Å². The number of aromatic nitrogens is 8. The molecule has 0 saturated carbocycles. The van der Waals surface area contributed by atoms with Crippen LogP contribution in [0.1, 0.15) is 111 Å². The number of aromatic amines is 3. The highest BCUT2D eigenvalue weighted by molar-refractivity contribution is 9.08. The Kier molecular flexibility index (Phi) is 17.1. The van der Waals surface area contributed by atoms with Crippen LogP contribution in [-0.4, -0.2) is 76.1 Å². The zero-order valence-electron chi connectivity index (χ0n) is 75.3. The van der Waals surface area contributed by atoms with Gasteiger partial charge in [0.2, 0.25) is 0 Å². The minimum Gasteiger partial charge on any atom is -0.356 e. The summed E-state index contributed by atoms with van der Waals surface area (Å²) in [5, 5.41) is 36.5. The topological polar surface area (TPSA) is 371 Å². The van der Waals surface area contributed by atoms with Gasteiger partial charge in [-0.15, -0.1) is 24.8 Å². The monoisotopic (exact) mass is 1420 g/mol. The fourth-order valence-electron chi connectivity index (χ4n) is 6.84. The number of nitriles is 4. The van der Waals surface area contributed by atoms with Gasteiger partial charge in [0.05, 0.1) is 96.2 Å². The van der Waals surface area contributed by atoms with Crippen LogP contribution in [0, 0.1) is 45.3 Å². The summed E-state index contributed by atoms with van der Waals surface area (Å²) >= 11 is 19.5. The molecule has 0 amide bonds. The van der Waals surface area contributed by atoms with Crippen molar-refractivity contribution < 1.29 is 41.1 Å². The van der Waals surface area contributed by atoms with E-state index in [9.17, 15) is 54.1 Å². The minimum absolute atomic E-state index is 0. The largest absolute Gasteiger partial charge is 0.356 e. The zero-order valence-corrected chi connectivity index (χ0v) is 50.8. The first-order chi connectivity index (χ1) is 54.1. The molecule has 2 aliphatic heterocycles. The molecule has 10 rings (SSSR count). The molecule has 24 nitrogen and oxygen atoms in total. The van der Waals surface area contributed by atoms with E-state index in [4.69, 9.17) is 92.7 Å². The first-order valence-electron chi connectivity index (χ1n) is 39.3. The number of nitrogens with zero attached hydrogens (tertiary/aromatic N) is 10. The molecule has 0 aliphatic carbocycles. The second-order valence-corrected chi connectivity index (χ2v) is 18.5. The van der Waals surface area contributed by atoms with Gasteiger partial charge in [-0.25, -0.2) is 19.2 Å². The van der Waals surface area contributed by atoms with Crippen LogP contribution in [0.4, 0.5) is 5.82 Å². The van der Waals surface area contributed by atoms with Gasteiger partial charge in [-0.2, -0.15) is 21.0 Å². The highest BCUT2D eigenvalue weighted by atomic mass is 79.9. The molecule has 0 unspecified atom stereocenters. The van der Waals surface area contributed by atoms with Gasteiger partial charge in [0, 0.05) is 86.2 Å². The number of benzene rings is 4. The third-order valence-corrected chi connectivity index (χ3v) is 12.0. The molecule has 0 spiro atoms. The standard InChI is InChI=1S/C18H21N5O2.C13H10ClN3O2.C12H8ClN3O2.C8H6BrN.C5H12N2.C4H3ClN2O2.2ClH/c1-21-17(24)9-16(22-8-4-7-15(20)12-22)23(18(21)25)11-14-6-3-2-5-13(14)10-19;1-16-12(18)6-11(14)17(13(16)19)8-10-5-3-2-4-9(10)7-15;13-10-5-11(17)15-12(18)16(10)7-9-4-2-1-3-8(9)6-14;9-5-7-3-1-2-4-8(7)6-10;6-5-2-1-3-7-4-5;5-2-1-3(8)7-4(9)6-2;;/h2-3,5-6,9,15H,4,7-8,11-12,20H2,1H3;2-6H,8H2,1H3;1-5H,7H2,(H,15,17,18);1-4H,5H2;5,7H,1-4,6H2;1H,(H2,6,7,8,9);2*1H/t15-;;;;5-;;;/m1...1.../s1/i1D3,2D,3D,5D,6D,11D2;1D3,2D,3D,4D,5D,8D2;1D,2D,3D,4D,7D2;1D,2D,3D,4D,5D2;;;;. The molecular weight excluding hydrogens is 1330 g/mol. The van der Waals surface area contributed by atoms with E-state index in [1.807, 2.05) is 4.98 Å². The SMILES string of the molecule is Cl.Cl.N[C@@H]1CCCNC1.O=c1cc(Cl)[nH]c(=O)[nH]1.[2H]c1c([2H])c([2H])c(C([2H])([2H])Br)c(C#N)c1[2H].[2H]c1c([2H])c([2H])c(C([2H])([2H])n2c(Cl)cc(=O)[nH]c2=O)c(C#N)c1[2H].[2H]c1c([2H])c([2H])c(C([2H])([2H])n2c(Cl)cc(=O)n(C([2H])([2H])[2H])c2=O)c(C#N)c1[2H].[2H]c1c([2H])c([2H])c(C([2H])([2H])n2c(N3CCC[C@@H](N)C3)cc(=O)n(C([2H])([2H])[2H])c2=O)c(C#N)c1[2H]. The maximum atomic E-state index is 13.3. The summed E-state index contributed by atoms with van der Waals surface area (Å²) in [6.45, 7) is -13.3. The molecule has 30 heteroatoms. The van der Waals surface area contributed by atoms with Crippen LogP contribution in [0.3, 0.4) is 0 Å². The summed E-state index contributed by atoms with van der Waals surface area (Å²) in [6.07, 6.45) is 3.62. The quantitative estimate of drug-likeness (QED) is 0.0826. The summed E-state index contributed by atoms with van der Waals surface area (Å²) in [5.74, 6) is -0.313. The lowest BCUT2D eigenvalue weighted by atomic mass is 10.1. The van der Waals surface area contributed by atoms with Gasteiger partial charge in [0.15, 0.2) is 0 Å². The summed E-state index contributed by atoms with van der Waals surface area (Å²) in [7, 11) is 0. The zero-order chi connectivity index (χ0) is 90.5. The Hall–Kier alpha value is -8.83. The van der Waals surface area contributed by atoms with E-state index in [0.29, 0.717) is 34.1 Å². The number of nitrogens with one attached hydrogen (secondary N) is 4. The van der Waals surface area contributed by atoms with E-state index < -0.39 is 224 Å². The molecule has 0 radical (unpaired) electrons. The molecule has 6 heterocycles. The van der Waals surface area contributed by atoms with Crippen molar-refractivity contribution in [2.45, 2.75) is 62.5 Å². The lowest BCUT2D eigenvalue weighted by Gasteiger charge is -2.34. The number of piperidine rings is 2. The Bertz CT molecular complexity index is 5970. The Morgan fingerprint density at radius 1 is 0.589 bits per heavy atom. The predicted octanol–water partition coefficient (Wildman–Crippen LogP) is 5.34. The van der Waals surface area contributed by atoms with Gasteiger partial charge in [-0.05, 0) is 78.7 Å². The maximum absolute atomic E-state index is 13.3. The van der Waals surface area contributed by atoms with Crippen LogP contribution < -0.4 is 66.7 Å². The van der Waals surface area contributed by atoms with Crippen molar-refractivity contribution in [3.05, 3.63) is 264 Å². The van der Waals surface area contributed by atoms with Gasteiger partial charge in [0.25, 0.3) is 22.2 Å². The number of alkyl halides is 1. The van der Waals surface area contributed by atoms with Crippen molar-refractivity contribution in [3.63, 3.8) is 0 Å². The number of rotatable bonds is 8. The molecule has 4 aromatic carbocycles. The Labute approximate surface area is 592 Å². The van der Waals surface area contributed by atoms with E-state index >= 15 is 0 Å². The van der Waals surface area contributed by atoms with E-state index in [-0.39, 0.29) is 79.7 Å². The van der Waals surface area contributed by atoms with Gasteiger partial charge in [-0.1, -0.05) is 123 Å². The fourth-order valence-corrected chi connectivity index (χ4v) is 7.75. The second-order valence-electron chi connectivity index (χ2n) is 16.9. The van der Waals surface area contributed by atoms with Crippen molar-refractivity contribution in [1.29, 1.82) is 21.0 Å². The van der Waals surface area contributed by atoms with Gasteiger partial charge >= 0.3 is 22.8 Å². The Balaban J connectivity index is 0.000000394. The van der Waals surface area contributed by atoms with Crippen molar-refractivity contribution in [2.75, 3.05) is 31.1 Å². The average molecular weight is 1420 g/mol. The summed E-state index contributed by atoms with van der Waals surface area (Å²) in [4.78, 5) is 102. The predicted molar refractivity (Wildman–Crippen MR) is 354 cm³/mol. The summed E-state index contributed by atoms with van der Waals surface area (Å²) < 4.78 is 233. The van der Waals surface area contributed by atoms with Gasteiger partial charge < -0.3 is 21.7 Å². The number of hydrogen-bond acceptors (Lipinski definition) is 16. The van der Waals surface area contributed by atoms with Crippen molar-refractivity contribution in [3.8, 4) is 24.3 Å². The van der Waals surface area contributed by atoms with Crippen LogP contribution in [0.5, 0.6) is 0 Å². The molecule has 90 heavy (non-hydrogen) atoms. The number of halogens is 6. The summed E-state index contributed by atoms with van der Waals surface area (Å²) in [5.41, 5.74) is -2.92. The lowest BCUT2D eigenvalue weighted by Crippen LogP contribution is -2.47. The number of hydrogen-bond donors (Lipinski definition) is 6. The number of nitrogens with two attached hydrogens (primary N) is 2. The second kappa shape index (κ2) is 37.9. The van der Waals surface area contributed by atoms with Crippen LogP contribution in [0.2, 0.25) is 15.5 Å². The molecule has 2 saturated heterocycles. The van der Waals surface area contributed by atoms with Crippen LogP contribution in [-0.2, 0) is 38.7 Å². The molecule has 472 valence electrons. The lowest BCUT2D eigenvalue weighted by molar-refractivity contribution is 0.459. The van der Waals surface area contributed by atoms with Crippen molar-refractivity contribution in [1.82, 2.24) is 43.1 Å². The van der Waals surface area contributed by atoms with Crippen molar-refractivity contribution >= 4 is 81.4 Å². The molecule has 2 fully saturated rings. The maximum Gasteiger partial charge on any atom is 0.332 e. The first-order valence-corrected chi connectivity index (χ1v) is 26.2. The van der Waals surface area contributed by atoms with E-state index in [0.717, 1.165) is 31.3 Å². The van der Waals surface area contributed by atoms with Gasteiger partial charge in [-0.3, -0.25) is 57.0 Å². The van der Waals surface area contributed by atoms with Crippen molar-refractivity contribution in [2.24, 2.45) is 25.4 Å². The van der Waals surface area contributed by atoms with Crippen LogP contribution >= 0.6 is 75.5 Å². The fraction of sp³-hybridized carbons (Fsp3) is 0.267. The molecular formula is C60H62BrCl5N16O8. The highest BCUT2D eigenvalue weighted by Crippen LogP contribution is 2.20. The third kappa shape index (κ3) is 22.3. The molecule has 2 aliphatic rings. The molecule has 2 atom stereocenters. The Morgan fingerprint density at radius 2 is 1.03 bits per heavy atom. The molecule has 4 aromatic heterocycles. The summed E-state index contributed by atoms with van der Waals surface area (Å²) in [6, 6.07) is -2.81. The average Bonchev–Trinajstić information content (AvgIpc) is 0.728. The minimum atomic E-state index is -3.27. The van der Waals surface area contributed by atoms with Crippen LogP contribution in [0.25, 0.3) is 0 Å². The Morgan fingerprint density at radius 3 is 1.47 bits per heavy atom. The van der Waals surface area contributed by atoms with Gasteiger partial charge in [0.1, 0.15) is 21.3 Å². The first kappa shape index (κ1) is 40.7. The van der Waals surface area contributed by atoms with E-state index in [1.165, 1.54) is 29.9 Å². The van der Waals surface area contributed by atoms with E-state index in [1.54, 1.807) is 17.1 Å². The third-order valence-electron chi connectivity index (χ3n) is 10.8. The number of anilines is 1. The highest BCUT2D eigenvalue weighted by Gasteiger charge is 2.22.